The van der Waals surface area contributed by atoms with Gasteiger partial charge in [-0.2, -0.15) is 0 Å². The number of unbranched alkanes of at least 4 members (excludes halogenated alkanes) is 3. The molecule has 2 fully saturated rings. The molecule has 55 heavy (non-hydrogen) atoms. The molecule has 0 amide bonds. The van der Waals surface area contributed by atoms with Crippen molar-refractivity contribution in [3.05, 3.63) is 59.2 Å². The van der Waals surface area contributed by atoms with Gasteiger partial charge in [0.25, 0.3) is 0 Å². The van der Waals surface area contributed by atoms with Gasteiger partial charge < -0.3 is 51.2 Å². The number of aromatic hydroxyl groups is 1. The molecule has 10 N–H and O–H groups in total. The maximum Gasteiger partial charge on any atom is 0.208 e. The van der Waals surface area contributed by atoms with E-state index in [0.717, 1.165) is 100 Å². The molecule has 0 saturated heterocycles. The van der Waals surface area contributed by atoms with Gasteiger partial charge in [0, 0.05) is 51.3 Å². The molecule has 2 aliphatic carbocycles. The number of nitrogens with two attached hydrogens (primary N) is 1. The summed E-state index contributed by atoms with van der Waals surface area (Å²) in [5.74, 6) is 2.82. The summed E-state index contributed by atoms with van der Waals surface area (Å²) in [5.41, 5.74) is 9.68. The first-order chi connectivity index (χ1) is 26.7. The lowest BCUT2D eigenvalue weighted by atomic mass is 9.71. The van der Waals surface area contributed by atoms with Gasteiger partial charge in [0.15, 0.2) is 17.6 Å². The molecule has 11 nitrogen and oxygen atoms in total. The van der Waals surface area contributed by atoms with Crippen molar-refractivity contribution in [2.75, 3.05) is 33.0 Å². The normalized spacial score (nSPS) is 24.5. The van der Waals surface area contributed by atoms with Crippen molar-refractivity contribution in [1.29, 1.82) is 0 Å². The van der Waals surface area contributed by atoms with Crippen molar-refractivity contribution >= 4 is 5.71 Å². The van der Waals surface area contributed by atoms with Crippen LogP contribution in [0.15, 0.2) is 46.6 Å². The first-order valence-electron chi connectivity index (χ1n) is 21.3. The monoisotopic (exact) mass is 769 g/mol. The molecule has 1 aromatic carbocycles. The maximum atomic E-state index is 11.4. The summed E-state index contributed by atoms with van der Waals surface area (Å²) in [7, 11) is 0. The number of benzene rings is 1. The highest BCUT2D eigenvalue weighted by Gasteiger charge is 2.52. The number of fused-ring (bicyclic) bond motifs is 2. The number of allylic oxidation sites excluding steroid dienone is 1. The molecule has 8 atom stereocenters. The fourth-order valence-electron chi connectivity index (χ4n) is 9.28. The predicted molar refractivity (Wildman–Crippen MR) is 216 cm³/mol. The third-order valence-electron chi connectivity index (χ3n) is 12.2. The Morgan fingerprint density at radius 2 is 1.80 bits per heavy atom. The van der Waals surface area contributed by atoms with Crippen LogP contribution < -0.4 is 15.8 Å². The standard InChI is InChI=1S/C44H69N3O8/c1-29(51)26-46-38(13-8-22-49)44-35-12-6-9-31(35)17-19-37-36(44)25-39(47-37)41(53)28-54-43-23-30(16-20-40(43)52)15-18-34-24-32(27-50)42(55-34)14-5-3-2-4-10-33(45)11-7-21-48/h16,20,23-25,29,31,33,35,38,41-42,44,46,48-51,53,55H,2-15,17-19,21-22,26-28,45H2,1H3/p+1. The van der Waals surface area contributed by atoms with Crippen LogP contribution in [0.3, 0.4) is 0 Å². The minimum Gasteiger partial charge on any atom is -0.504 e. The van der Waals surface area contributed by atoms with Gasteiger partial charge >= 0.3 is 0 Å². The van der Waals surface area contributed by atoms with Gasteiger partial charge in [0.2, 0.25) is 5.70 Å². The first kappa shape index (κ1) is 43.5. The highest BCUT2D eigenvalue weighted by atomic mass is 16.5. The summed E-state index contributed by atoms with van der Waals surface area (Å²) in [4.78, 5) is 4.97. The van der Waals surface area contributed by atoms with Crippen LogP contribution in [-0.4, -0.2) is 104 Å². The number of aliphatic imine (C=N–C) groups is 1. The molecular formula is C44H70N3O8+. The van der Waals surface area contributed by atoms with Gasteiger partial charge in [-0.25, -0.2) is 0 Å². The van der Waals surface area contributed by atoms with Gasteiger partial charge in [-0.3, -0.25) is 0 Å². The molecule has 308 valence electrons. The summed E-state index contributed by atoms with van der Waals surface area (Å²) in [6.07, 6.45) is 20.0. The van der Waals surface area contributed by atoms with E-state index < -0.39 is 12.2 Å². The van der Waals surface area contributed by atoms with E-state index in [1.165, 1.54) is 18.8 Å². The van der Waals surface area contributed by atoms with Crippen LogP contribution >= 0.6 is 0 Å². The van der Waals surface area contributed by atoms with Gasteiger partial charge in [-0.05, 0) is 101 Å². The summed E-state index contributed by atoms with van der Waals surface area (Å²) in [6.45, 7) is 2.55. The number of aliphatic hydroxyl groups is 7. The third kappa shape index (κ3) is 12.7. The van der Waals surface area contributed by atoms with Crippen LogP contribution in [0.2, 0.25) is 0 Å². The zero-order valence-corrected chi connectivity index (χ0v) is 33.1. The first-order valence-corrected chi connectivity index (χ1v) is 21.3. The highest BCUT2D eigenvalue weighted by molar-refractivity contribution is 6.03. The van der Waals surface area contributed by atoms with E-state index in [2.05, 4.69) is 11.4 Å². The fraction of sp³-hybridized carbons (Fsp3) is 0.705. The van der Waals surface area contributed by atoms with Crippen LogP contribution in [0.25, 0.3) is 0 Å². The largest absolute Gasteiger partial charge is 0.504 e. The predicted octanol–water partition coefficient (Wildman–Crippen LogP) is 4.72. The van der Waals surface area contributed by atoms with Gasteiger partial charge in [-0.15, -0.1) is 16.6 Å². The molecule has 0 aromatic heterocycles. The Morgan fingerprint density at radius 1 is 1.02 bits per heavy atom. The number of ether oxygens (including phenoxy) is 2. The Labute approximate surface area is 329 Å². The van der Waals surface area contributed by atoms with Crippen molar-refractivity contribution in [3.63, 3.8) is 0 Å². The Hall–Kier alpha value is -2.61. The number of hydrogen-bond acceptors (Lipinski definition) is 10. The van der Waals surface area contributed by atoms with E-state index in [1.54, 1.807) is 13.0 Å². The summed E-state index contributed by atoms with van der Waals surface area (Å²) < 4.78 is 11.0. The highest BCUT2D eigenvalue weighted by Crippen LogP contribution is 2.50. The lowest BCUT2D eigenvalue weighted by Gasteiger charge is -2.33. The minimum atomic E-state index is -0.974. The van der Waals surface area contributed by atoms with Gasteiger partial charge in [0.1, 0.15) is 30.4 Å². The van der Waals surface area contributed by atoms with E-state index in [-0.39, 0.29) is 56.3 Å². The zero-order chi connectivity index (χ0) is 39.2. The van der Waals surface area contributed by atoms with Gasteiger partial charge in [0.05, 0.1) is 18.1 Å². The van der Waals surface area contributed by atoms with Crippen molar-refractivity contribution in [2.24, 2.45) is 28.5 Å². The van der Waals surface area contributed by atoms with Crippen LogP contribution in [-0.2, 0) is 6.42 Å². The number of aryl methyl sites for hydroxylation is 1. The molecular weight excluding hydrogens is 698 g/mol. The Balaban J connectivity index is 1.12. The smallest absolute Gasteiger partial charge is 0.208 e. The lowest BCUT2D eigenvalue weighted by molar-refractivity contribution is -0.0552. The molecule has 4 aliphatic rings. The number of hydrogen-bond donors (Lipinski definition) is 8. The molecule has 5 rings (SSSR count). The summed E-state index contributed by atoms with van der Waals surface area (Å²) in [6, 6.07) is 5.59. The SMILES string of the molecule is CC(O)CNC(CCCO)C1[C+]2C=C(C(O)COc3cc(CC[C-]4C=C(CO)C(CCCCCCC(N)CCCO)[OH+]4)ccc3O)N=C2CCC2CCCC21. The number of phenols is 1. The molecule has 8 unspecified atom stereocenters. The fourth-order valence-corrected chi connectivity index (χ4v) is 9.28. The molecule has 0 radical (unpaired) electrons. The Bertz CT molecular complexity index is 1400. The van der Waals surface area contributed by atoms with Crippen LogP contribution in [0.4, 0.5) is 0 Å². The number of aliphatic hydroxyl groups excluding tert-OH is 5. The van der Waals surface area contributed by atoms with Crippen molar-refractivity contribution < 1.29 is 40.1 Å². The Morgan fingerprint density at radius 3 is 2.58 bits per heavy atom. The molecule has 2 saturated carbocycles. The number of nitrogens with zero attached hydrogens (tertiary/aromatic N) is 1. The van der Waals surface area contributed by atoms with Gasteiger partial charge in [-0.1, -0.05) is 38.2 Å². The molecule has 1 aromatic rings. The van der Waals surface area contributed by atoms with Crippen molar-refractivity contribution in [2.45, 2.75) is 146 Å². The van der Waals surface area contributed by atoms with E-state index in [0.29, 0.717) is 49.1 Å². The van der Waals surface area contributed by atoms with E-state index in [1.807, 2.05) is 18.2 Å². The Kier molecular flexibility index (Phi) is 17.7. The van der Waals surface area contributed by atoms with Crippen molar-refractivity contribution in [3.8, 4) is 11.5 Å². The zero-order valence-electron chi connectivity index (χ0n) is 33.1. The van der Waals surface area contributed by atoms with Crippen LogP contribution in [0.1, 0.15) is 115 Å². The number of phenolic OH excluding ortho intramolecular Hbond substituents is 1. The average Bonchev–Trinajstić information content (AvgIpc) is 3.91. The van der Waals surface area contributed by atoms with Crippen LogP contribution in [0.5, 0.6) is 11.5 Å². The molecule has 2 aliphatic heterocycles. The molecule has 11 heteroatoms. The second kappa shape index (κ2) is 22.4. The third-order valence-corrected chi connectivity index (χ3v) is 12.2. The topological polar surface area (TPSA) is 194 Å². The summed E-state index contributed by atoms with van der Waals surface area (Å²) in [5, 5.41) is 64.4. The average molecular weight is 769 g/mol. The quantitative estimate of drug-likeness (QED) is 0.0395. The second-order valence-corrected chi connectivity index (χ2v) is 16.5. The van der Waals surface area contributed by atoms with E-state index in [4.69, 9.17) is 25.3 Å². The molecule has 0 bridgehead atoms. The van der Waals surface area contributed by atoms with Crippen molar-refractivity contribution in [1.82, 2.24) is 5.32 Å². The molecule has 2 heterocycles. The lowest BCUT2D eigenvalue weighted by Crippen LogP contribution is -2.46. The maximum absolute atomic E-state index is 11.4. The number of nitrogens with one attached hydrogen (secondary N) is 1. The van der Waals surface area contributed by atoms with Crippen LogP contribution in [0, 0.1) is 29.8 Å². The molecule has 0 spiro atoms. The second-order valence-electron chi connectivity index (χ2n) is 16.5. The number of rotatable bonds is 25. The van der Waals surface area contributed by atoms with E-state index >= 15 is 0 Å². The van der Waals surface area contributed by atoms with E-state index in [9.17, 15) is 25.5 Å². The summed E-state index contributed by atoms with van der Waals surface area (Å²) >= 11 is 0. The minimum absolute atomic E-state index is 0.00403.